The minimum atomic E-state index is -0.365. The number of aryl methyl sites for hydroxylation is 2. The largest absolute Gasteiger partial charge is 0.466 e. The average Bonchev–Trinajstić information content (AvgIpc) is 3.05. The number of hydrogen-bond donors (Lipinski definition) is 0. The molecule has 7 heteroatoms. The van der Waals surface area contributed by atoms with Crippen LogP contribution in [0.2, 0.25) is 0 Å². The van der Waals surface area contributed by atoms with Crippen molar-refractivity contribution in [3.63, 3.8) is 0 Å². The quantitative estimate of drug-likeness (QED) is 0.623. The van der Waals surface area contributed by atoms with Gasteiger partial charge in [0.2, 0.25) is 0 Å². The average molecular weight is 369 g/mol. The van der Waals surface area contributed by atoms with Gasteiger partial charge in [-0.15, -0.1) is 0 Å². The first kappa shape index (κ1) is 18.7. The van der Waals surface area contributed by atoms with Crippen molar-refractivity contribution in [1.29, 1.82) is 0 Å². The lowest BCUT2D eigenvalue weighted by Gasteiger charge is -2.10. The zero-order valence-corrected chi connectivity index (χ0v) is 15.8. The standard InChI is InChI=1S/C20H23N3O4/c1-4-27-16(24)11-8-12-23-13-15-17(18(23)14-9-6-5-7-10-14)19(25)22(3)20(26)21(15)2/h5-7,9-10,13H,4,8,11-12H2,1-3H3. The molecular weight excluding hydrogens is 346 g/mol. The number of rotatable bonds is 6. The Bertz CT molecular complexity index is 1090. The summed E-state index contributed by atoms with van der Waals surface area (Å²) in [5.41, 5.74) is 1.54. The molecule has 0 radical (unpaired) electrons. The number of carbonyl (C=O) groups excluding carboxylic acids is 1. The van der Waals surface area contributed by atoms with E-state index in [0.717, 1.165) is 15.8 Å². The summed E-state index contributed by atoms with van der Waals surface area (Å²) >= 11 is 0. The van der Waals surface area contributed by atoms with Crippen molar-refractivity contribution in [2.75, 3.05) is 6.61 Å². The highest BCUT2D eigenvalue weighted by Gasteiger charge is 2.19. The zero-order valence-electron chi connectivity index (χ0n) is 15.8. The highest BCUT2D eigenvalue weighted by atomic mass is 16.5. The molecule has 2 aromatic heterocycles. The fourth-order valence-electron chi connectivity index (χ4n) is 3.30. The van der Waals surface area contributed by atoms with Crippen LogP contribution in [-0.4, -0.2) is 26.3 Å². The highest BCUT2D eigenvalue weighted by molar-refractivity contribution is 5.93. The maximum atomic E-state index is 12.8. The lowest BCUT2D eigenvalue weighted by Crippen LogP contribution is -2.36. The second-order valence-electron chi connectivity index (χ2n) is 6.41. The fraction of sp³-hybridized carbons (Fsp3) is 0.350. The number of hydrogen-bond acceptors (Lipinski definition) is 4. The highest BCUT2D eigenvalue weighted by Crippen LogP contribution is 2.28. The predicted octanol–water partition coefficient (Wildman–Crippen LogP) is 2.05. The second-order valence-corrected chi connectivity index (χ2v) is 6.41. The number of esters is 1. The van der Waals surface area contributed by atoms with Gasteiger partial charge in [0.1, 0.15) is 0 Å². The van der Waals surface area contributed by atoms with E-state index in [1.165, 1.54) is 11.6 Å². The summed E-state index contributed by atoms with van der Waals surface area (Å²) in [5, 5.41) is 0.502. The summed E-state index contributed by atoms with van der Waals surface area (Å²) in [6.45, 7) is 2.68. The molecule has 142 valence electrons. The Morgan fingerprint density at radius 1 is 1.07 bits per heavy atom. The third-order valence-corrected chi connectivity index (χ3v) is 4.64. The molecule has 7 nitrogen and oxygen atoms in total. The van der Waals surface area contributed by atoms with E-state index in [2.05, 4.69) is 0 Å². The summed E-state index contributed by atoms with van der Waals surface area (Å²) < 4.78 is 9.52. The molecule has 0 amide bonds. The van der Waals surface area contributed by atoms with Crippen LogP contribution in [0.4, 0.5) is 0 Å². The summed E-state index contributed by atoms with van der Waals surface area (Å²) in [7, 11) is 3.14. The van der Waals surface area contributed by atoms with Gasteiger partial charge in [0.05, 0.1) is 23.2 Å². The fourth-order valence-corrected chi connectivity index (χ4v) is 3.30. The van der Waals surface area contributed by atoms with Gasteiger partial charge < -0.3 is 9.30 Å². The van der Waals surface area contributed by atoms with Crippen LogP contribution < -0.4 is 11.2 Å². The molecule has 3 rings (SSSR count). The molecule has 0 unspecified atom stereocenters. The number of benzene rings is 1. The van der Waals surface area contributed by atoms with Gasteiger partial charge in [-0.2, -0.15) is 0 Å². The molecule has 0 N–H and O–H groups in total. The first-order valence-electron chi connectivity index (χ1n) is 8.95. The Balaban J connectivity index is 2.14. The molecule has 0 bridgehead atoms. The minimum absolute atomic E-state index is 0.237. The molecule has 1 aromatic carbocycles. The van der Waals surface area contributed by atoms with Crippen LogP contribution in [0, 0.1) is 0 Å². The Labute approximate surface area is 156 Å². The van der Waals surface area contributed by atoms with E-state index in [4.69, 9.17) is 4.74 Å². The van der Waals surface area contributed by atoms with Crippen LogP contribution in [0.3, 0.4) is 0 Å². The van der Waals surface area contributed by atoms with Crippen LogP contribution in [0.15, 0.2) is 46.1 Å². The molecule has 27 heavy (non-hydrogen) atoms. The van der Waals surface area contributed by atoms with Gasteiger partial charge in [0.15, 0.2) is 0 Å². The molecule has 0 fully saturated rings. The molecule has 0 aliphatic rings. The van der Waals surface area contributed by atoms with Crippen LogP contribution >= 0.6 is 0 Å². The summed E-state index contributed by atoms with van der Waals surface area (Å²) in [5.74, 6) is -0.237. The van der Waals surface area contributed by atoms with Crippen molar-refractivity contribution < 1.29 is 9.53 Å². The number of ether oxygens (including phenoxy) is 1. The molecular formula is C20H23N3O4. The third-order valence-electron chi connectivity index (χ3n) is 4.64. The van der Waals surface area contributed by atoms with Crippen molar-refractivity contribution in [2.24, 2.45) is 14.1 Å². The van der Waals surface area contributed by atoms with Gasteiger partial charge in [-0.25, -0.2) is 4.79 Å². The molecule has 0 saturated heterocycles. The van der Waals surface area contributed by atoms with Crippen molar-refractivity contribution in [3.05, 3.63) is 57.4 Å². The van der Waals surface area contributed by atoms with Crippen LogP contribution in [0.5, 0.6) is 0 Å². The van der Waals surface area contributed by atoms with E-state index in [1.807, 2.05) is 41.1 Å². The van der Waals surface area contributed by atoms with E-state index < -0.39 is 0 Å². The normalized spacial score (nSPS) is 11.1. The lowest BCUT2D eigenvalue weighted by molar-refractivity contribution is -0.143. The number of fused-ring (bicyclic) bond motifs is 1. The van der Waals surface area contributed by atoms with Gasteiger partial charge in [-0.1, -0.05) is 30.3 Å². The number of carbonyl (C=O) groups is 1. The van der Waals surface area contributed by atoms with E-state index in [1.54, 1.807) is 14.0 Å². The number of nitrogens with zero attached hydrogens (tertiary/aromatic N) is 3. The topological polar surface area (TPSA) is 75.2 Å². The Hall–Kier alpha value is -3.09. The first-order valence-corrected chi connectivity index (χ1v) is 8.95. The summed E-state index contributed by atoms with van der Waals surface area (Å²) in [6.07, 6.45) is 2.69. The number of aromatic nitrogens is 3. The molecule has 0 saturated carbocycles. The van der Waals surface area contributed by atoms with E-state index >= 15 is 0 Å². The van der Waals surface area contributed by atoms with Crippen molar-refractivity contribution in [1.82, 2.24) is 13.7 Å². The molecule has 0 atom stereocenters. The summed E-state index contributed by atoms with van der Waals surface area (Å²) in [4.78, 5) is 36.8. The van der Waals surface area contributed by atoms with Crippen LogP contribution in [0.25, 0.3) is 22.2 Å². The Morgan fingerprint density at radius 3 is 2.44 bits per heavy atom. The molecule has 3 aromatic rings. The van der Waals surface area contributed by atoms with Gasteiger partial charge in [0, 0.05) is 33.3 Å². The second kappa shape index (κ2) is 7.65. The van der Waals surface area contributed by atoms with E-state index in [-0.39, 0.29) is 17.2 Å². The minimum Gasteiger partial charge on any atom is -0.466 e. The van der Waals surface area contributed by atoms with E-state index in [0.29, 0.717) is 36.9 Å². The Morgan fingerprint density at radius 2 is 1.78 bits per heavy atom. The smallest absolute Gasteiger partial charge is 0.330 e. The van der Waals surface area contributed by atoms with Gasteiger partial charge in [-0.05, 0) is 18.9 Å². The summed E-state index contributed by atoms with van der Waals surface area (Å²) in [6, 6.07) is 9.59. The van der Waals surface area contributed by atoms with Crippen LogP contribution in [-0.2, 0) is 30.2 Å². The SMILES string of the molecule is CCOC(=O)CCCn1cc2c(c1-c1ccccc1)c(=O)n(C)c(=O)n2C. The third kappa shape index (κ3) is 3.45. The van der Waals surface area contributed by atoms with Crippen molar-refractivity contribution in [2.45, 2.75) is 26.3 Å². The monoisotopic (exact) mass is 369 g/mol. The Kier molecular flexibility index (Phi) is 5.30. The predicted molar refractivity (Wildman–Crippen MR) is 104 cm³/mol. The van der Waals surface area contributed by atoms with Crippen molar-refractivity contribution >= 4 is 16.9 Å². The zero-order chi connectivity index (χ0) is 19.6. The molecule has 2 heterocycles. The first-order chi connectivity index (χ1) is 13.0. The van der Waals surface area contributed by atoms with Crippen LogP contribution in [0.1, 0.15) is 19.8 Å². The lowest BCUT2D eigenvalue weighted by atomic mass is 10.1. The molecule has 0 aliphatic carbocycles. The van der Waals surface area contributed by atoms with E-state index in [9.17, 15) is 14.4 Å². The van der Waals surface area contributed by atoms with Crippen molar-refractivity contribution in [3.8, 4) is 11.3 Å². The van der Waals surface area contributed by atoms with Gasteiger partial charge >= 0.3 is 11.7 Å². The molecule has 0 spiro atoms. The maximum absolute atomic E-state index is 12.8. The van der Waals surface area contributed by atoms with Gasteiger partial charge in [-0.3, -0.25) is 18.7 Å². The van der Waals surface area contributed by atoms with Gasteiger partial charge in [0.25, 0.3) is 5.56 Å². The molecule has 0 aliphatic heterocycles. The maximum Gasteiger partial charge on any atom is 0.330 e.